The van der Waals surface area contributed by atoms with Crippen LogP contribution in [0, 0.1) is 0 Å². The quantitative estimate of drug-likeness (QED) is 0.387. The fraction of sp³-hybridized carbons (Fsp3) is 0.0833. The zero-order chi connectivity index (χ0) is 22.7. The summed E-state index contributed by atoms with van der Waals surface area (Å²) in [4.78, 5) is 24.1. The highest BCUT2D eigenvalue weighted by atomic mass is 16.5. The monoisotopic (exact) mass is 433 g/mol. The number of carboxylic acid groups (broad SMARTS) is 1. The summed E-state index contributed by atoms with van der Waals surface area (Å²) in [5.74, 6) is -1.18. The number of methoxy groups -OCH3 is 1. The molecule has 3 aromatic carbocycles. The number of benzene rings is 3. The van der Waals surface area contributed by atoms with Crippen LogP contribution in [0.25, 0.3) is 11.0 Å². The Morgan fingerprint density at radius 2 is 1.72 bits per heavy atom. The van der Waals surface area contributed by atoms with Crippen molar-refractivity contribution in [3.63, 3.8) is 0 Å². The highest BCUT2D eigenvalue weighted by Crippen LogP contribution is 2.31. The number of ether oxygens (including phenoxy) is 2. The molecule has 0 aliphatic carbocycles. The Kier molecular flexibility index (Phi) is 5.67. The fourth-order valence-electron chi connectivity index (χ4n) is 3.29. The van der Waals surface area contributed by atoms with Crippen molar-refractivity contribution in [2.75, 3.05) is 12.4 Å². The summed E-state index contributed by atoms with van der Waals surface area (Å²) in [6.45, 7) is 0.0450. The number of phenols is 1. The number of furan rings is 1. The number of aromatic carboxylic acids is 1. The number of carboxylic acids is 1. The van der Waals surface area contributed by atoms with Crippen LogP contribution in [0.15, 0.2) is 71.1 Å². The lowest BCUT2D eigenvalue weighted by Crippen LogP contribution is -2.14. The van der Waals surface area contributed by atoms with Gasteiger partial charge >= 0.3 is 5.97 Å². The van der Waals surface area contributed by atoms with Crippen LogP contribution in [0.3, 0.4) is 0 Å². The second-order valence-electron chi connectivity index (χ2n) is 6.84. The van der Waals surface area contributed by atoms with E-state index in [1.54, 1.807) is 31.4 Å². The summed E-state index contributed by atoms with van der Waals surface area (Å²) >= 11 is 0. The zero-order valence-corrected chi connectivity index (χ0v) is 17.0. The van der Waals surface area contributed by atoms with E-state index in [2.05, 4.69) is 5.32 Å². The number of hydrogen-bond acceptors (Lipinski definition) is 6. The van der Waals surface area contributed by atoms with Gasteiger partial charge in [-0.05, 0) is 30.3 Å². The van der Waals surface area contributed by atoms with E-state index in [-0.39, 0.29) is 23.6 Å². The van der Waals surface area contributed by atoms with E-state index in [1.807, 2.05) is 24.3 Å². The maximum atomic E-state index is 13.0. The van der Waals surface area contributed by atoms with Gasteiger partial charge in [-0.1, -0.05) is 30.3 Å². The number of hydrogen-bond donors (Lipinski definition) is 3. The molecule has 0 spiro atoms. The Labute approximate surface area is 182 Å². The molecule has 1 amide bonds. The lowest BCUT2D eigenvalue weighted by atomic mass is 10.1. The Bertz CT molecular complexity index is 1310. The number of amides is 1. The second-order valence-corrected chi connectivity index (χ2v) is 6.84. The molecule has 0 saturated heterocycles. The lowest BCUT2D eigenvalue weighted by Gasteiger charge is -2.11. The van der Waals surface area contributed by atoms with Crippen molar-refractivity contribution >= 4 is 28.5 Å². The molecule has 4 rings (SSSR count). The molecule has 1 heterocycles. The topological polar surface area (TPSA) is 118 Å². The van der Waals surface area contributed by atoms with Crippen LogP contribution in [0.1, 0.15) is 26.5 Å². The van der Waals surface area contributed by atoms with Gasteiger partial charge in [0.2, 0.25) is 0 Å². The molecule has 0 atom stereocenters. The van der Waals surface area contributed by atoms with Gasteiger partial charge in [-0.15, -0.1) is 0 Å². The fourth-order valence-corrected chi connectivity index (χ4v) is 3.29. The van der Waals surface area contributed by atoms with Gasteiger partial charge in [0, 0.05) is 22.7 Å². The first kappa shape index (κ1) is 20.8. The summed E-state index contributed by atoms with van der Waals surface area (Å²) in [6, 6.07) is 18.1. The van der Waals surface area contributed by atoms with Crippen molar-refractivity contribution in [3.05, 3.63) is 83.6 Å². The first-order chi connectivity index (χ1) is 15.5. The molecule has 162 valence electrons. The highest BCUT2D eigenvalue weighted by molar-refractivity contribution is 6.07. The third kappa shape index (κ3) is 4.06. The van der Waals surface area contributed by atoms with Gasteiger partial charge in [0.1, 0.15) is 23.5 Å². The molecule has 0 fully saturated rings. The normalized spacial score (nSPS) is 10.7. The number of nitrogens with one attached hydrogen (secondary N) is 1. The van der Waals surface area contributed by atoms with Gasteiger partial charge in [0.25, 0.3) is 5.91 Å². The maximum absolute atomic E-state index is 13.0. The summed E-state index contributed by atoms with van der Waals surface area (Å²) in [5, 5.41) is 22.3. The number of carbonyl (C=O) groups is 2. The Balaban J connectivity index is 1.64. The van der Waals surface area contributed by atoms with E-state index in [9.17, 15) is 14.7 Å². The molecular formula is C24H19NO7. The molecule has 0 radical (unpaired) electrons. The summed E-state index contributed by atoms with van der Waals surface area (Å²) in [6.07, 6.45) is 0. The minimum atomic E-state index is -1.27. The highest BCUT2D eigenvalue weighted by Gasteiger charge is 2.22. The molecule has 8 heteroatoms. The first-order valence-corrected chi connectivity index (χ1v) is 9.62. The third-order valence-electron chi connectivity index (χ3n) is 4.83. The Hall–Kier alpha value is -4.46. The number of carbonyl (C=O) groups excluding carboxylic acids is 1. The van der Waals surface area contributed by atoms with Crippen molar-refractivity contribution in [1.82, 2.24) is 0 Å². The summed E-state index contributed by atoms with van der Waals surface area (Å²) < 4.78 is 17.0. The molecular weight excluding hydrogens is 414 g/mol. The predicted molar refractivity (Wildman–Crippen MR) is 117 cm³/mol. The van der Waals surface area contributed by atoms with Crippen molar-refractivity contribution in [2.24, 2.45) is 0 Å². The van der Waals surface area contributed by atoms with Crippen LogP contribution < -0.4 is 14.8 Å². The van der Waals surface area contributed by atoms with Gasteiger partial charge in [0.15, 0.2) is 17.3 Å². The van der Waals surface area contributed by atoms with E-state index in [0.717, 1.165) is 11.5 Å². The molecule has 0 aliphatic rings. The first-order valence-electron chi connectivity index (χ1n) is 9.62. The summed E-state index contributed by atoms with van der Waals surface area (Å²) in [7, 11) is 1.54. The van der Waals surface area contributed by atoms with Gasteiger partial charge < -0.3 is 29.4 Å². The van der Waals surface area contributed by atoms with Crippen molar-refractivity contribution in [2.45, 2.75) is 6.61 Å². The number of para-hydroxylation sites is 3. The average molecular weight is 433 g/mol. The van der Waals surface area contributed by atoms with E-state index in [4.69, 9.17) is 19.0 Å². The van der Waals surface area contributed by atoms with Gasteiger partial charge in [-0.25, -0.2) is 4.79 Å². The number of aromatic hydroxyl groups is 1. The van der Waals surface area contributed by atoms with E-state index >= 15 is 0 Å². The van der Waals surface area contributed by atoms with E-state index in [1.165, 1.54) is 12.1 Å². The predicted octanol–water partition coefficient (Wildman–Crippen LogP) is 4.68. The standard InChI is InChI=1S/C24H19NO7/c1-30-20-8-4-5-9-21(20)31-13-17-15-6-2-3-7-19(15)32-22(17)23(27)25-14-10-11-16(24(28)29)18(26)12-14/h2-12,26H,13H2,1H3,(H,25,27)(H,28,29). The van der Waals surface area contributed by atoms with Gasteiger partial charge in [-0.3, -0.25) is 4.79 Å². The molecule has 0 unspecified atom stereocenters. The smallest absolute Gasteiger partial charge is 0.339 e. The van der Waals surface area contributed by atoms with Crippen molar-refractivity contribution in [3.8, 4) is 17.2 Å². The van der Waals surface area contributed by atoms with Crippen LogP contribution in [0.2, 0.25) is 0 Å². The molecule has 0 saturated carbocycles. The Morgan fingerprint density at radius 1 is 1.00 bits per heavy atom. The third-order valence-corrected chi connectivity index (χ3v) is 4.83. The molecule has 3 N–H and O–H groups in total. The van der Waals surface area contributed by atoms with Gasteiger partial charge in [-0.2, -0.15) is 0 Å². The van der Waals surface area contributed by atoms with Crippen LogP contribution in [-0.2, 0) is 6.61 Å². The molecule has 0 bridgehead atoms. The molecule has 4 aromatic rings. The van der Waals surface area contributed by atoms with Crippen LogP contribution in [0.5, 0.6) is 17.2 Å². The summed E-state index contributed by atoms with van der Waals surface area (Å²) in [5.41, 5.74) is 1.00. The molecule has 1 aromatic heterocycles. The van der Waals surface area contributed by atoms with Crippen molar-refractivity contribution < 1.29 is 33.7 Å². The SMILES string of the molecule is COc1ccccc1OCc1c(C(=O)Nc2ccc(C(=O)O)c(O)c2)oc2ccccc12. The van der Waals surface area contributed by atoms with Gasteiger partial charge in [0.05, 0.1) is 7.11 Å². The van der Waals surface area contributed by atoms with Crippen LogP contribution in [-0.4, -0.2) is 29.2 Å². The largest absolute Gasteiger partial charge is 0.507 e. The van der Waals surface area contributed by atoms with Crippen molar-refractivity contribution in [1.29, 1.82) is 0 Å². The number of rotatable bonds is 7. The maximum Gasteiger partial charge on any atom is 0.339 e. The van der Waals surface area contributed by atoms with Crippen LogP contribution in [0.4, 0.5) is 5.69 Å². The molecule has 8 nitrogen and oxygen atoms in total. The molecule has 32 heavy (non-hydrogen) atoms. The number of fused-ring (bicyclic) bond motifs is 1. The minimum absolute atomic E-state index is 0.0444. The molecule has 0 aliphatic heterocycles. The lowest BCUT2D eigenvalue weighted by molar-refractivity contribution is 0.0693. The minimum Gasteiger partial charge on any atom is -0.507 e. The number of anilines is 1. The second kappa shape index (κ2) is 8.73. The average Bonchev–Trinajstić information content (AvgIpc) is 3.16. The zero-order valence-electron chi connectivity index (χ0n) is 17.0. The Morgan fingerprint density at radius 3 is 2.44 bits per heavy atom. The van der Waals surface area contributed by atoms with E-state index < -0.39 is 17.6 Å². The van der Waals surface area contributed by atoms with Crippen LogP contribution >= 0.6 is 0 Å². The van der Waals surface area contributed by atoms with E-state index in [0.29, 0.717) is 22.6 Å².